The Balaban J connectivity index is 1.38. The summed E-state index contributed by atoms with van der Waals surface area (Å²) < 4.78 is 26.1. The summed E-state index contributed by atoms with van der Waals surface area (Å²) in [6.07, 6.45) is 0.809. The van der Waals surface area contributed by atoms with Gasteiger partial charge in [0, 0.05) is 13.1 Å². The topological polar surface area (TPSA) is 69.7 Å². The van der Waals surface area contributed by atoms with Crippen LogP contribution in [-0.4, -0.2) is 46.3 Å². The molecule has 0 atom stereocenters. The van der Waals surface area contributed by atoms with Gasteiger partial charge in [-0.3, -0.25) is 14.5 Å². The Morgan fingerprint density at radius 3 is 2.00 bits per heavy atom. The summed E-state index contributed by atoms with van der Waals surface area (Å²) in [6.45, 7) is 0.757. The number of nitrogens with one attached hydrogen (secondary N) is 1. The van der Waals surface area contributed by atoms with Crippen molar-refractivity contribution in [3.63, 3.8) is 0 Å². The number of imide groups is 1. The van der Waals surface area contributed by atoms with E-state index < -0.39 is 11.6 Å². The number of amides is 4. The third-order valence-corrected chi connectivity index (χ3v) is 5.74. The second kappa shape index (κ2) is 7.85. The van der Waals surface area contributed by atoms with E-state index in [1.807, 2.05) is 0 Å². The number of carbonyl (C=O) groups is 3. The Bertz CT molecular complexity index is 968. The molecule has 2 saturated heterocycles. The minimum absolute atomic E-state index is 0.0694. The zero-order valence-corrected chi connectivity index (χ0v) is 16.2. The van der Waals surface area contributed by atoms with Crippen LogP contribution in [0.4, 0.5) is 13.6 Å². The molecule has 2 aromatic carbocycles. The highest BCUT2D eigenvalue weighted by Gasteiger charge is 2.52. The first kappa shape index (κ1) is 20.0. The van der Waals surface area contributed by atoms with Crippen molar-refractivity contribution in [2.75, 3.05) is 13.1 Å². The van der Waals surface area contributed by atoms with Gasteiger partial charge in [0.2, 0.25) is 5.91 Å². The first-order valence-corrected chi connectivity index (χ1v) is 9.77. The summed E-state index contributed by atoms with van der Waals surface area (Å²) in [5, 5.41) is 2.80. The van der Waals surface area contributed by atoms with Gasteiger partial charge in [-0.1, -0.05) is 24.3 Å². The molecule has 0 saturated carbocycles. The van der Waals surface area contributed by atoms with Crippen molar-refractivity contribution < 1.29 is 23.2 Å². The predicted octanol–water partition coefficient (Wildman–Crippen LogP) is 2.62. The van der Waals surface area contributed by atoms with E-state index in [9.17, 15) is 23.2 Å². The highest BCUT2D eigenvalue weighted by molar-refractivity contribution is 6.07. The summed E-state index contributed by atoms with van der Waals surface area (Å²) in [5.74, 6) is -1.16. The molecule has 0 bridgehead atoms. The van der Waals surface area contributed by atoms with Crippen LogP contribution in [0.3, 0.4) is 0 Å². The van der Waals surface area contributed by atoms with Gasteiger partial charge < -0.3 is 10.2 Å². The van der Waals surface area contributed by atoms with Crippen LogP contribution in [0.5, 0.6) is 0 Å². The maximum absolute atomic E-state index is 13.1. The minimum atomic E-state index is -1.01. The third kappa shape index (κ3) is 3.90. The average Bonchev–Trinajstić information content (AvgIpc) is 2.96. The molecule has 6 nitrogen and oxygen atoms in total. The second-order valence-corrected chi connectivity index (χ2v) is 7.71. The van der Waals surface area contributed by atoms with Gasteiger partial charge in [0.25, 0.3) is 5.91 Å². The molecule has 8 heteroatoms. The molecule has 2 fully saturated rings. The van der Waals surface area contributed by atoms with Gasteiger partial charge in [0.15, 0.2) is 0 Å². The van der Waals surface area contributed by atoms with Crippen LogP contribution in [0.2, 0.25) is 0 Å². The molecule has 4 rings (SSSR count). The molecule has 4 amide bonds. The number of hydrogen-bond acceptors (Lipinski definition) is 3. The molecule has 2 aliphatic heterocycles. The molecule has 0 aliphatic carbocycles. The maximum atomic E-state index is 13.1. The van der Waals surface area contributed by atoms with Crippen molar-refractivity contribution in [1.29, 1.82) is 0 Å². The van der Waals surface area contributed by atoms with Gasteiger partial charge in [-0.25, -0.2) is 13.6 Å². The zero-order chi connectivity index (χ0) is 21.3. The van der Waals surface area contributed by atoms with Crippen molar-refractivity contribution in [3.05, 3.63) is 71.3 Å². The van der Waals surface area contributed by atoms with Crippen LogP contribution in [0, 0.1) is 11.6 Å². The number of likely N-dealkylation sites (tertiary alicyclic amines) is 1. The van der Waals surface area contributed by atoms with E-state index in [0.717, 1.165) is 10.5 Å². The number of carbonyl (C=O) groups excluding carboxylic acids is 3. The van der Waals surface area contributed by atoms with E-state index >= 15 is 0 Å². The number of urea groups is 1. The molecule has 1 spiro atoms. The van der Waals surface area contributed by atoms with Crippen LogP contribution >= 0.6 is 0 Å². The van der Waals surface area contributed by atoms with E-state index in [1.54, 1.807) is 17.0 Å². The molecule has 0 radical (unpaired) electrons. The highest BCUT2D eigenvalue weighted by atomic mass is 19.1. The number of piperidine rings is 1. The van der Waals surface area contributed by atoms with Crippen molar-refractivity contribution in [1.82, 2.24) is 15.1 Å². The third-order valence-electron chi connectivity index (χ3n) is 5.74. The van der Waals surface area contributed by atoms with Gasteiger partial charge in [-0.15, -0.1) is 0 Å². The number of hydrogen-bond donors (Lipinski definition) is 1. The molecule has 30 heavy (non-hydrogen) atoms. The molecule has 2 aliphatic rings. The Morgan fingerprint density at radius 1 is 0.900 bits per heavy atom. The molecule has 2 aromatic rings. The van der Waals surface area contributed by atoms with Crippen LogP contribution in [0.15, 0.2) is 48.5 Å². The molecule has 0 aromatic heterocycles. The van der Waals surface area contributed by atoms with Crippen LogP contribution in [0.1, 0.15) is 24.0 Å². The highest BCUT2D eigenvalue weighted by Crippen LogP contribution is 2.30. The maximum Gasteiger partial charge on any atom is 0.325 e. The van der Waals surface area contributed by atoms with Gasteiger partial charge in [-0.05, 0) is 48.2 Å². The van der Waals surface area contributed by atoms with Gasteiger partial charge >= 0.3 is 6.03 Å². The van der Waals surface area contributed by atoms with E-state index in [2.05, 4.69) is 5.32 Å². The fourth-order valence-electron chi connectivity index (χ4n) is 3.96. The number of halogens is 2. The number of benzene rings is 2. The summed E-state index contributed by atoms with van der Waals surface area (Å²) in [4.78, 5) is 40.8. The van der Waals surface area contributed by atoms with E-state index in [-0.39, 0.29) is 36.4 Å². The minimum Gasteiger partial charge on any atom is -0.342 e. The monoisotopic (exact) mass is 413 g/mol. The molecule has 0 unspecified atom stereocenters. The standard InChI is InChI=1S/C22H21F2N3O3/c23-17-5-1-15(2-6-17)13-19(28)26-11-9-22(10-12-26)20(29)27(21(30)25-22)14-16-3-7-18(24)8-4-16/h1-8H,9-14H2,(H,25,30). The quantitative estimate of drug-likeness (QED) is 0.784. The lowest BCUT2D eigenvalue weighted by Gasteiger charge is -2.37. The van der Waals surface area contributed by atoms with Crippen molar-refractivity contribution >= 4 is 17.8 Å². The number of rotatable bonds is 4. The van der Waals surface area contributed by atoms with Gasteiger partial charge in [0.05, 0.1) is 13.0 Å². The largest absolute Gasteiger partial charge is 0.342 e. The Morgan fingerprint density at radius 2 is 1.43 bits per heavy atom. The summed E-state index contributed by atoms with van der Waals surface area (Å²) in [7, 11) is 0. The summed E-state index contributed by atoms with van der Waals surface area (Å²) in [6, 6.07) is 11.0. The zero-order valence-electron chi connectivity index (χ0n) is 16.2. The molecule has 1 N–H and O–H groups in total. The SMILES string of the molecule is O=C(Cc1ccc(F)cc1)N1CCC2(CC1)NC(=O)N(Cc1ccc(F)cc1)C2=O. The normalized spacial score (nSPS) is 18.1. The summed E-state index contributed by atoms with van der Waals surface area (Å²) in [5.41, 5.74) is 0.366. The Hall–Kier alpha value is -3.29. The molecular weight excluding hydrogens is 392 g/mol. The van der Waals surface area contributed by atoms with E-state index in [4.69, 9.17) is 0 Å². The average molecular weight is 413 g/mol. The molecular formula is C22H21F2N3O3. The lowest BCUT2D eigenvalue weighted by molar-refractivity contribution is -0.138. The fraction of sp³-hybridized carbons (Fsp3) is 0.318. The van der Waals surface area contributed by atoms with Crippen LogP contribution < -0.4 is 5.32 Å². The van der Waals surface area contributed by atoms with Crippen molar-refractivity contribution in [2.45, 2.75) is 31.3 Å². The van der Waals surface area contributed by atoms with E-state index in [0.29, 0.717) is 31.5 Å². The molecule has 156 valence electrons. The molecule has 2 heterocycles. The lowest BCUT2D eigenvalue weighted by Crippen LogP contribution is -2.56. The second-order valence-electron chi connectivity index (χ2n) is 7.71. The Labute approximate surface area is 172 Å². The summed E-state index contributed by atoms with van der Waals surface area (Å²) >= 11 is 0. The van der Waals surface area contributed by atoms with Crippen LogP contribution in [-0.2, 0) is 22.6 Å². The first-order valence-electron chi connectivity index (χ1n) is 9.77. The first-order chi connectivity index (χ1) is 14.4. The van der Waals surface area contributed by atoms with Crippen LogP contribution in [0.25, 0.3) is 0 Å². The van der Waals surface area contributed by atoms with E-state index in [1.165, 1.54) is 36.4 Å². The smallest absolute Gasteiger partial charge is 0.325 e. The van der Waals surface area contributed by atoms with Gasteiger partial charge in [-0.2, -0.15) is 0 Å². The van der Waals surface area contributed by atoms with Crippen molar-refractivity contribution in [2.24, 2.45) is 0 Å². The fourth-order valence-corrected chi connectivity index (χ4v) is 3.96. The lowest BCUT2D eigenvalue weighted by atomic mass is 9.87. The van der Waals surface area contributed by atoms with Crippen molar-refractivity contribution in [3.8, 4) is 0 Å². The van der Waals surface area contributed by atoms with Gasteiger partial charge in [0.1, 0.15) is 17.2 Å². The Kier molecular flexibility index (Phi) is 5.24. The number of nitrogens with zero attached hydrogens (tertiary/aromatic N) is 2. The predicted molar refractivity (Wildman–Crippen MR) is 104 cm³/mol.